The van der Waals surface area contributed by atoms with Crippen LogP contribution in [0, 0.1) is 12.7 Å². The molecule has 0 spiro atoms. The average molecular weight is 400 g/mol. The summed E-state index contributed by atoms with van der Waals surface area (Å²) in [6.45, 7) is 1.85. The normalized spacial score (nSPS) is 14.4. The van der Waals surface area contributed by atoms with Gasteiger partial charge in [-0.15, -0.1) is 23.5 Å². The van der Waals surface area contributed by atoms with Crippen LogP contribution in [0.15, 0.2) is 54.6 Å². The zero-order valence-corrected chi connectivity index (χ0v) is 16.3. The van der Waals surface area contributed by atoms with E-state index in [-0.39, 0.29) is 11.7 Å². The lowest BCUT2D eigenvalue weighted by Gasteiger charge is -2.11. The summed E-state index contributed by atoms with van der Waals surface area (Å²) < 4.78 is 15.2. The Kier molecular flexibility index (Phi) is 5.22. The standard InChI is InChI=1S/C20H18FN3OS2/c1-13-12-18(24(23-13)17-8-6-16(21)7-9-17)22-19(25)14-2-4-15(5-3-14)20-26-10-11-27-20/h2-9,12,20H,10-11H2,1H3,(H,22,25). The molecule has 2 aromatic carbocycles. The highest BCUT2D eigenvalue weighted by Crippen LogP contribution is 2.45. The number of hydrogen-bond acceptors (Lipinski definition) is 4. The van der Waals surface area contributed by atoms with Gasteiger partial charge in [0, 0.05) is 23.1 Å². The van der Waals surface area contributed by atoms with E-state index in [9.17, 15) is 9.18 Å². The molecule has 1 aliphatic heterocycles. The molecule has 7 heteroatoms. The molecule has 1 N–H and O–H groups in total. The first kappa shape index (κ1) is 18.1. The van der Waals surface area contributed by atoms with Crippen LogP contribution < -0.4 is 5.32 Å². The summed E-state index contributed by atoms with van der Waals surface area (Å²) in [5.41, 5.74) is 3.29. The maximum atomic E-state index is 13.2. The molecule has 1 fully saturated rings. The molecule has 0 atom stereocenters. The summed E-state index contributed by atoms with van der Waals surface area (Å²) in [6, 6.07) is 15.5. The number of amides is 1. The largest absolute Gasteiger partial charge is 0.306 e. The van der Waals surface area contributed by atoms with Gasteiger partial charge in [0.1, 0.15) is 11.6 Å². The van der Waals surface area contributed by atoms with Gasteiger partial charge in [-0.05, 0) is 48.9 Å². The maximum absolute atomic E-state index is 13.2. The second-order valence-corrected chi connectivity index (χ2v) is 8.93. The van der Waals surface area contributed by atoms with Gasteiger partial charge >= 0.3 is 0 Å². The lowest BCUT2D eigenvalue weighted by atomic mass is 10.1. The molecule has 0 unspecified atom stereocenters. The molecular weight excluding hydrogens is 381 g/mol. The van der Waals surface area contributed by atoms with Crippen molar-refractivity contribution < 1.29 is 9.18 Å². The molecule has 0 radical (unpaired) electrons. The quantitative estimate of drug-likeness (QED) is 0.667. The number of nitrogens with zero attached hydrogens (tertiary/aromatic N) is 2. The predicted molar refractivity (Wildman–Crippen MR) is 110 cm³/mol. The Bertz CT molecular complexity index is 948. The van der Waals surface area contributed by atoms with Gasteiger partial charge in [0.15, 0.2) is 0 Å². The van der Waals surface area contributed by atoms with E-state index >= 15 is 0 Å². The van der Waals surface area contributed by atoms with Gasteiger partial charge in [-0.25, -0.2) is 9.07 Å². The fourth-order valence-corrected chi connectivity index (χ4v) is 5.76. The van der Waals surface area contributed by atoms with Crippen LogP contribution in [0.3, 0.4) is 0 Å². The maximum Gasteiger partial charge on any atom is 0.256 e. The van der Waals surface area contributed by atoms with E-state index in [1.165, 1.54) is 29.2 Å². The number of aromatic nitrogens is 2. The minimum absolute atomic E-state index is 0.198. The number of carbonyl (C=O) groups is 1. The van der Waals surface area contributed by atoms with Gasteiger partial charge in [0.2, 0.25) is 0 Å². The van der Waals surface area contributed by atoms with E-state index in [1.54, 1.807) is 22.9 Å². The monoisotopic (exact) mass is 399 g/mol. The molecular formula is C20H18FN3OS2. The average Bonchev–Trinajstić information content (AvgIpc) is 3.33. The molecule has 1 aromatic heterocycles. The fourth-order valence-electron chi connectivity index (χ4n) is 2.90. The van der Waals surface area contributed by atoms with Crippen molar-refractivity contribution in [3.63, 3.8) is 0 Å². The fraction of sp³-hybridized carbons (Fsp3) is 0.200. The van der Waals surface area contributed by atoms with Crippen molar-refractivity contribution in [2.45, 2.75) is 11.5 Å². The van der Waals surface area contributed by atoms with Crippen molar-refractivity contribution >= 4 is 35.2 Å². The Morgan fingerprint density at radius 3 is 2.44 bits per heavy atom. The van der Waals surface area contributed by atoms with Crippen LogP contribution in [0.2, 0.25) is 0 Å². The first-order chi connectivity index (χ1) is 13.1. The molecule has 1 saturated heterocycles. The topological polar surface area (TPSA) is 46.9 Å². The van der Waals surface area contributed by atoms with E-state index in [0.717, 1.165) is 5.69 Å². The Hall–Kier alpha value is -2.25. The number of anilines is 1. The molecule has 0 aliphatic carbocycles. The molecule has 4 nitrogen and oxygen atoms in total. The third kappa shape index (κ3) is 4.04. The SMILES string of the molecule is Cc1cc(NC(=O)c2ccc(C3SCCS3)cc2)n(-c2ccc(F)cc2)n1. The number of rotatable bonds is 4. The lowest BCUT2D eigenvalue weighted by molar-refractivity contribution is 0.102. The van der Waals surface area contributed by atoms with Gasteiger partial charge in [-0.2, -0.15) is 5.10 Å². The van der Waals surface area contributed by atoms with Crippen LogP contribution >= 0.6 is 23.5 Å². The summed E-state index contributed by atoms with van der Waals surface area (Å²) in [7, 11) is 0. The van der Waals surface area contributed by atoms with E-state index < -0.39 is 0 Å². The van der Waals surface area contributed by atoms with Gasteiger partial charge in [-0.1, -0.05) is 12.1 Å². The highest BCUT2D eigenvalue weighted by atomic mass is 32.2. The lowest BCUT2D eigenvalue weighted by Crippen LogP contribution is -2.15. The molecule has 4 rings (SSSR count). The van der Waals surface area contributed by atoms with Crippen LogP contribution in [0.25, 0.3) is 5.69 Å². The first-order valence-electron chi connectivity index (χ1n) is 8.57. The van der Waals surface area contributed by atoms with Gasteiger partial charge in [-0.3, -0.25) is 4.79 Å². The van der Waals surface area contributed by atoms with Gasteiger partial charge in [0.05, 0.1) is 16.0 Å². The summed E-state index contributed by atoms with van der Waals surface area (Å²) in [4.78, 5) is 12.7. The number of nitrogens with one attached hydrogen (secondary N) is 1. The first-order valence-corrected chi connectivity index (χ1v) is 10.7. The molecule has 1 amide bonds. The molecule has 2 heterocycles. The number of halogens is 1. The zero-order valence-electron chi connectivity index (χ0n) is 14.7. The van der Waals surface area contributed by atoms with Crippen molar-refractivity contribution in [1.29, 1.82) is 0 Å². The summed E-state index contributed by atoms with van der Waals surface area (Å²) in [5.74, 6) is 2.38. The number of hydrogen-bond donors (Lipinski definition) is 1. The van der Waals surface area contributed by atoms with Crippen LogP contribution in [0.4, 0.5) is 10.2 Å². The molecule has 27 heavy (non-hydrogen) atoms. The van der Waals surface area contributed by atoms with Crippen LogP contribution in [-0.2, 0) is 0 Å². The van der Waals surface area contributed by atoms with Crippen LogP contribution in [0.5, 0.6) is 0 Å². The summed E-state index contributed by atoms with van der Waals surface area (Å²) >= 11 is 3.88. The zero-order chi connectivity index (χ0) is 18.8. The van der Waals surface area contributed by atoms with Crippen molar-refractivity contribution in [1.82, 2.24) is 9.78 Å². The van der Waals surface area contributed by atoms with Crippen molar-refractivity contribution in [3.8, 4) is 5.69 Å². The summed E-state index contributed by atoms with van der Waals surface area (Å²) in [6.07, 6.45) is 0. The van der Waals surface area contributed by atoms with E-state index in [4.69, 9.17) is 0 Å². The third-order valence-corrected chi connectivity index (χ3v) is 7.32. The van der Waals surface area contributed by atoms with Crippen LogP contribution in [0.1, 0.15) is 26.2 Å². The third-order valence-electron chi connectivity index (χ3n) is 4.21. The Morgan fingerprint density at radius 2 is 1.78 bits per heavy atom. The molecule has 3 aromatic rings. The predicted octanol–water partition coefficient (Wildman–Crippen LogP) is 5.05. The van der Waals surface area contributed by atoms with Gasteiger partial charge in [0.25, 0.3) is 5.91 Å². The Balaban J connectivity index is 1.53. The van der Waals surface area contributed by atoms with E-state index in [0.29, 0.717) is 21.7 Å². The molecule has 1 aliphatic rings. The molecule has 0 saturated carbocycles. The summed E-state index contributed by atoms with van der Waals surface area (Å²) in [5, 5.41) is 7.30. The smallest absolute Gasteiger partial charge is 0.256 e. The van der Waals surface area contributed by atoms with Crippen molar-refractivity contribution in [2.24, 2.45) is 0 Å². The second kappa shape index (κ2) is 7.78. The van der Waals surface area contributed by atoms with E-state index in [2.05, 4.69) is 10.4 Å². The van der Waals surface area contributed by atoms with Crippen molar-refractivity contribution in [3.05, 3.63) is 77.2 Å². The second-order valence-electron chi connectivity index (χ2n) is 6.21. The van der Waals surface area contributed by atoms with Crippen LogP contribution in [-0.4, -0.2) is 27.2 Å². The minimum Gasteiger partial charge on any atom is -0.306 e. The molecule has 0 bridgehead atoms. The highest BCUT2D eigenvalue weighted by Gasteiger charge is 2.19. The molecule has 138 valence electrons. The number of thioether (sulfide) groups is 2. The highest BCUT2D eigenvalue weighted by molar-refractivity contribution is 8.19. The number of benzene rings is 2. The Labute approximate surface area is 165 Å². The number of carbonyl (C=O) groups excluding carboxylic acids is 1. The van der Waals surface area contributed by atoms with E-state index in [1.807, 2.05) is 54.7 Å². The van der Waals surface area contributed by atoms with Crippen molar-refractivity contribution in [2.75, 3.05) is 16.8 Å². The minimum atomic E-state index is -0.313. The van der Waals surface area contributed by atoms with Gasteiger partial charge < -0.3 is 5.32 Å². The number of aryl methyl sites for hydroxylation is 1. The Morgan fingerprint density at radius 1 is 1.11 bits per heavy atom.